The van der Waals surface area contributed by atoms with E-state index >= 15 is 0 Å². The zero-order valence-electron chi connectivity index (χ0n) is 9.71. The summed E-state index contributed by atoms with van der Waals surface area (Å²) in [6, 6.07) is 0.490. The Morgan fingerprint density at radius 2 is 2.07 bits per heavy atom. The van der Waals surface area contributed by atoms with Crippen molar-refractivity contribution in [3.05, 3.63) is 0 Å². The van der Waals surface area contributed by atoms with Gasteiger partial charge >= 0.3 is 0 Å². The summed E-state index contributed by atoms with van der Waals surface area (Å²) < 4.78 is 0. The summed E-state index contributed by atoms with van der Waals surface area (Å²) in [4.78, 5) is 0. The van der Waals surface area contributed by atoms with Gasteiger partial charge in [0.05, 0.1) is 0 Å². The molecule has 0 amide bonds. The normalized spacial score (nSPS) is 35.4. The van der Waals surface area contributed by atoms with Gasteiger partial charge in [-0.2, -0.15) is 0 Å². The third kappa shape index (κ3) is 2.35. The Kier molecular flexibility index (Phi) is 3.33. The van der Waals surface area contributed by atoms with E-state index in [1.165, 1.54) is 32.1 Å². The van der Waals surface area contributed by atoms with Crippen molar-refractivity contribution in [3.8, 4) is 0 Å². The molecule has 4 N–H and O–H groups in total. The van der Waals surface area contributed by atoms with Crippen LogP contribution in [0.25, 0.3) is 0 Å². The zero-order chi connectivity index (χ0) is 10.9. The number of hydrogen-bond donors (Lipinski definition) is 3. The molecule has 15 heavy (non-hydrogen) atoms. The lowest BCUT2D eigenvalue weighted by molar-refractivity contribution is 0.177. The van der Waals surface area contributed by atoms with Crippen LogP contribution in [0.15, 0.2) is 0 Å². The van der Waals surface area contributed by atoms with E-state index in [4.69, 9.17) is 5.73 Å². The molecule has 0 aromatic carbocycles. The van der Waals surface area contributed by atoms with Crippen molar-refractivity contribution in [3.63, 3.8) is 0 Å². The summed E-state index contributed by atoms with van der Waals surface area (Å²) in [5.74, 6) is 1.22. The summed E-state index contributed by atoms with van der Waals surface area (Å²) in [7, 11) is 0. The minimum Gasteiger partial charge on any atom is -0.396 e. The second kappa shape index (κ2) is 4.40. The van der Waals surface area contributed by atoms with Gasteiger partial charge in [-0.15, -0.1) is 0 Å². The zero-order valence-corrected chi connectivity index (χ0v) is 9.71. The maximum absolute atomic E-state index is 9.29. The Hall–Kier alpha value is -0.120. The van der Waals surface area contributed by atoms with Crippen LogP contribution in [0.5, 0.6) is 0 Å². The summed E-state index contributed by atoms with van der Waals surface area (Å²) >= 11 is 0. The van der Waals surface area contributed by atoms with Crippen LogP contribution in [-0.4, -0.2) is 29.8 Å². The number of nitrogens with two attached hydrogens (primary N) is 1. The van der Waals surface area contributed by atoms with Crippen LogP contribution < -0.4 is 11.1 Å². The highest BCUT2D eigenvalue weighted by molar-refractivity contribution is 5.01. The lowest BCUT2D eigenvalue weighted by atomic mass is 9.92. The predicted molar refractivity (Wildman–Crippen MR) is 61.5 cm³/mol. The monoisotopic (exact) mass is 212 g/mol. The van der Waals surface area contributed by atoms with Crippen LogP contribution in [0.2, 0.25) is 0 Å². The third-order valence-corrected chi connectivity index (χ3v) is 4.31. The van der Waals surface area contributed by atoms with Crippen molar-refractivity contribution in [1.29, 1.82) is 0 Å². The molecule has 0 spiro atoms. The Balaban J connectivity index is 1.93. The third-order valence-electron chi connectivity index (χ3n) is 4.31. The number of nitrogens with one attached hydrogen (secondary N) is 1. The van der Waals surface area contributed by atoms with Crippen molar-refractivity contribution in [2.75, 3.05) is 13.2 Å². The van der Waals surface area contributed by atoms with Crippen LogP contribution in [-0.2, 0) is 0 Å². The van der Waals surface area contributed by atoms with E-state index in [9.17, 15) is 5.11 Å². The van der Waals surface area contributed by atoms with E-state index in [0.717, 1.165) is 5.92 Å². The van der Waals surface area contributed by atoms with E-state index in [1.54, 1.807) is 0 Å². The molecular formula is C12H24N2O. The molecular weight excluding hydrogens is 188 g/mol. The van der Waals surface area contributed by atoms with Crippen molar-refractivity contribution in [1.82, 2.24) is 5.32 Å². The molecule has 2 saturated carbocycles. The summed E-state index contributed by atoms with van der Waals surface area (Å²) in [6.45, 7) is 3.28. The number of hydrogen-bond acceptors (Lipinski definition) is 3. The molecule has 0 radical (unpaired) electrons. The molecule has 0 bridgehead atoms. The van der Waals surface area contributed by atoms with E-state index < -0.39 is 0 Å². The first-order valence-corrected chi connectivity index (χ1v) is 6.28. The van der Waals surface area contributed by atoms with Gasteiger partial charge in [-0.3, -0.25) is 0 Å². The molecule has 2 aliphatic carbocycles. The Bertz CT molecular complexity index is 218. The van der Waals surface area contributed by atoms with Crippen LogP contribution in [0, 0.1) is 11.8 Å². The average Bonchev–Trinajstić information content (AvgIpc) is 3.01. The number of aliphatic hydroxyl groups excluding tert-OH is 1. The van der Waals surface area contributed by atoms with Gasteiger partial charge in [0.1, 0.15) is 0 Å². The highest BCUT2D eigenvalue weighted by Gasteiger charge is 2.43. The largest absolute Gasteiger partial charge is 0.396 e. The first-order valence-electron chi connectivity index (χ1n) is 6.28. The van der Waals surface area contributed by atoms with Crippen molar-refractivity contribution < 1.29 is 5.11 Å². The van der Waals surface area contributed by atoms with Gasteiger partial charge in [0.2, 0.25) is 0 Å². The SMILES string of the molecule is CC(CN)(NC1CCCC1CO)C1CC1. The lowest BCUT2D eigenvalue weighted by Gasteiger charge is -2.35. The van der Waals surface area contributed by atoms with Gasteiger partial charge in [-0.25, -0.2) is 0 Å². The molecule has 0 aromatic heterocycles. The van der Waals surface area contributed by atoms with Crippen molar-refractivity contribution in [2.45, 2.75) is 50.6 Å². The lowest BCUT2D eigenvalue weighted by Crippen LogP contribution is -2.55. The molecule has 2 fully saturated rings. The maximum Gasteiger partial charge on any atom is 0.0474 e. The topological polar surface area (TPSA) is 58.3 Å². The molecule has 3 unspecified atom stereocenters. The van der Waals surface area contributed by atoms with Crippen LogP contribution in [0.4, 0.5) is 0 Å². The van der Waals surface area contributed by atoms with E-state index in [1.807, 2.05) is 0 Å². The smallest absolute Gasteiger partial charge is 0.0474 e. The number of rotatable bonds is 5. The van der Waals surface area contributed by atoms with Crippen LogP contribution in [0.3, 0.4) is 0 Å². The highest BCUT2D eigenvalue weighted by Crippen LogP contribution is 2.40. The van der Waals surface area contributed by atoms with Crippen molar-refractivity contribution in [2.24, 2.45) is 17.6 Å². The van der Waals surface area contributed by atoms with Gasteiger partial charge in [0.25, 0.3) is 0 Å². The average molecular weight is 212 g/mol. The van der Waals surface area contributed by atoms with Gasteiger partial charge in [0, 0.05) is 24.7 Å². The van der Waals surface area contributed by atoms with Gasteiger partial charge in [-0.1, -0.05) is 6.42 Å². The quantitative estimate of drug-likeness (QED) is 0.633. The molecule has 3 nitrogen and oxygen atoms in total. The molecule has 3 atom stereocenters. The van der Waals surface area contributed by atoms with Crippen LogP contribution >= 0.6 is 0 Å². The molecule has 88 valence electrons. The van der Waals surface area contributed by atoms with E-state index in [0.29, 0.717) is 25.1 Å². The highest BCUT2D eigenvalue weighted by atomic mass is 16.3. The Labute approximate surface area is 92.4 Å². The summed E-state index contributed by atoms with van der Waals surface area (Å²) in [5, 5.41) is 13.0. The summed E-state index contributed by atoms with van der Waals surface area (Å²) in [5.41, 5.74) is 6.00. The minimum atomic E-state index is 0.114. The molecule has 3 heteroatoms. The molecule has 0 saturated heterocycles. The number of aliphatic hydroxyl groups is 1. The van der Waals surface area contributed by atoms with Crippen LogP contribution in [0.1, 0.15) is 39.0 Å². The van der Waals surface area contributed by atoms with Gasteiger partial charge in [0.15, 0.2) is 0 Å². The fourth-order valence-corrected chi connectivity index (χ4v) is 2.93. The van der Waals surface area contributed by atoms with E-state index in [2.05, 4.69) is 12.2 Å². The Morgan fingerprint density at radius 3 is 2.60 bits per heavy atom. The first kappa shape index (κ1) is 11.4. The molecule has 0 heterocycles. The minimum absolute atomic E-state index is 0.114. The van der Waals surface area contributed by atoms with Gasteiger partial charge in [-0.05, 0) is 44.4 Å². The second-order valence-electron chi connectivity index (χ2n) is 5.52. The Morgan fingerprint density at radius 1 is 1.33 bits per heavy atom. The maximum atomic E-state index is 9.29. The predicted octanol–water partition coefficient (Wildman–Crippen LogP) is 0.864. The van der Waals surface area contributed by atoms with Gasteiger partial charge < -0.3 is 16.2 Å². The van der Waals surface area contributed by atoms with Crippen molar-refractivity contribution >= 4 is 0 Å². The molecule has 2 rings (SSSR count). The second-order valence-corrected chi connectivity index (χ2v) is 5.52. The summed E-state index contributed by atoms with van der Waals surface area (Å²) in [6.07, 6.45) is 6.25. The molecule has 0 aliphatic heterocycles. The fraction of sp³-hybridized carbons (Fsp3) is 1.00. The first-order chi connectivity index (χ1) is 7.19. The molecule has 0 aromatic rings. The molecule has 2 aliphatic rings. The van der Waals surface area contributed by atoms with E-state index in [-0.39, 0.29) is 5.54 Å². The fourth-order valence-electron chi connectivity index (χ4n) is 2.93. The standard InChI is InChI=1S/C12H24N2O/c1-12(8-13,10-5-6-10)14-11-4-2-3-9(11)7-15/h9-11,14-15H,2-8,13H2,1H3.